The highest BCUT2D eigenvalue weighted by molar-refractivity contribution is 5.09. The van der Waals surface area contributed by atoms with Crippen LogP contribution in [0.3, 0.4) is 0 Å². The summed E-state index contributed by atoms with van der Waals surface area (Å²) in [6.45, 7) is 8.70. The van der Waals surface area contributed by atoms with Crippen LogP contribution >= 0.6 is 0 Å². The van der Waals surface area contributed by atoms with Gasteiger partial charge in [-0.3, -0.25) is 0 Å². The molecule has 0 amide bonds. The fourth-order valence-corrected chi connectivity index (χ4v) is 1.02. The standard InChI is InChI=1S/C10H15N/c1-8-6-5-7-9(11-8)10(2,3)4/h5-7H,1-4H3/p+1. The SMILES string of the molecule is Cc1cccc(C(C)(C)C)[nH+]1. The van der Waals surface area contributed by atoms with E-state index in [1.165, 1.54) is 11.4 Å². The number of hydrogen-bond acceptors (Lipinski definition) is 0. The molecule has 0 unspecified atom stereocenters. The number of aryl methyl sites for hydroxylation is 1. The largest absolute Gasteiger partial charge is 0.212 e. The molecule has 0 fully saturated rings. The lowest BCUT2D eigenvalue weighted by Crippen LogP contribution is -2.25. The number of hydrogen-bond donors (Lipinski definition) is 0. The molecule has 0 radical (unpaired) electrons. The molecule has 0 saturated carbocycles. The van der Waals surface area contributed by atoms with Crippen molar-refractivity contribution in [1.82, 2.24) is 0 Å². The maximum atomic E-state index is 3.35. The molecular formula is C10H16N+. The van der Waals surface area contributed by atoms with Crippen LogP contribution in [-0.2, 0) is 5.41 Å². The fourth-order valence-electron chi connectivity index (χ4n) is 1.02. The molecule has 1 aromatic heterocycles. The minimum atomic E-state index is 0.228. The van der Waals surface area contributed by atoms with Gasteiger partial charge in [0.15, 0.2) is 11.4 Å². The number of aromatic nitrogens is 1. The van der Waals surface area contributed by atoms with Crippen LogP contribution in [0.1, 0.15) is 32.2 Å². The molecule has 0 spiro atoms. The summed E-state index contributed by atoms with van der Waals surface area (Å²) in [7, 11) is 0. The number of aromatic amines is 1. The molecule has 1 heterocycles. The van der Waals surface area contributed by atoms with Gasteiger partial charge in [0.2, 0.25) is 0 Å². The fraction of sp³-hybridized carbons (Fsp3) is 0.500. The van der Waals surface area contributed by atoms with Crippen LogP contribution in [-0.4, -0.2) is 0 Å². The highest BCUT2D eigenvalue weighted by Gasteiger charge is 2.20. The summed E-state index contributed by atoms with van der Waals surface area (Å²) in [5, 5.41) is 0. The van der Waals surface area contributed by atoms with Crippen molar-refractivity contribution in [2.75, 3.05) is 0 Å². The minimum Gasteiger partial charge on any atom is -0.212 e. The van der Waals surface area contributed by atoms with Crippen molar-refractivity contribution in [3.05, 3.63) is 29.6 Å². The molecule has 1 aromatic rings. The average Bonchev–Trinajstić information content (AvgIpc) is 1.86. The first-order valence-electron chi connectivity index (χ1n) is 3.99. The molecule has 0 saturated heterocycles. The number of H-pyrrole nitrogens is 1. The van der Waals surface area contributed by atoms with Gasteiger partial charge >= 0.3 is 0 Å². The van der Waals surface area contributed by atoms with Crippen molar-refractivity contribution < 1.29 is 4.98 Å². The van der Waals surface area contributed by atoms with Gasteiger partial charge < -0.3 is 0 Å². The van der Waals surface area contributed by atoms with Crippen molar-refractivity contribution >= 4 is 0 Å². The predicted octanol–water partition coefficient (Wildman–Crippen LogP) is 2.11. The van der Waals surface area contributed by atoms with Gasteiger partial charge in [-0.25, -0.2) is 4.98 Å². The first-order valence-corrected chi connectivity index (χ1v) is 3.99. The normalized spacial score (nSPS) is 11.6. The Kier molecular flexibility index (Phi) is 1.99. The van der Waals surface area contributed by atoms with Crippen LogP contribution < -0.4 is 4.98 Å². The number of rotatable bonds is 0. The smallest absolute Gasteiger partial charge is 0.185 e. The van der Waals surface area contributed by atoms with E-state index in [-0.39, 0.29) is 5.41 Å². The summed E-state index contributed by atoms with van der Waals surface area (Å²) in [5.74, 6) is 0. The Balaban J connectivity index is 3.06. The second-order valence-electron chi connectivity index (χ2n) is 4.00. The summed E-state index contributed by atoms with van der Waals surface area (Å²) >= 11 is 0. The molecule has 0 atom stereocenters. The van der Waals surface area contributed by atoms with Crippen molar-refractivity contribution in [2.45, 2.75) is 33.1 Å². The first kappa shape index (κ1) is 8.25. The number of nitrogens with one attached hydrogen (secondary N) is 1. The predicted molar refractivity (Wildman–Crippen MR) is 46.4 cm³/mol. The van der Waals surface area contributed by atoms with Crippen LogP contribution in [0, 0.1) is 6.92 Å². The molecule has 1 N–H and O–H groups in total. The van der Waals surface area contributed by atoms with Crippen LogP contribution in [0.4, 0.5) is 0 Å². The van der Waals surface area contributed by atoms with Crippen LogP contribution in [0.5, 0.6) is 0 Å². The molecule has 0 aliphatic rings. The van der Waals surface area contributed by atoms with Gasteiger partial charge in [0.1, 0.15) is 0 Å². The third kappa shape index (κ3) is 2.04. The summed E-state index contributed by atoms with van der Waals surface area (Å²) in [6.07, 6.45) is 0. The minimum absolute atomic E-state index is 0.228. The molecule has 0 aromatic carbocycles. The van der Waals surface area contributed by atoms with Gasteiger partial charge in [0.25, 0.3) is 0 Å². The molecule has 60 valence electrons. The molecule has 0 aliphatic heterocycles. The third-order valence-electron chi connectivity index (χ3n) is 1.75. The van der Waals surface area contributed by atoms with E-state index in [9.17, 15) is 0 Å². The Morgan fingerprint density at radius 1 is 1.18 bits per heavy atom. The number of pyridine rings is 1. The highest BCUT2D eigenvalue weighted by atomic mass is 14.7. The van der Waals surface area contributed by atoms with Crippen LogP contribution in [0.25, 0.3) is 0 Å². The molecule has 0 bridgehead atoms. The Labute approximate surface area is 68.5 Å². The van der Waals surface area contributed by atoms with Gasteiger partial charge in [0, 0.05) is 24.5 Å². The molecule has 1 rings (SSSR count). The van der Waals surface area contributed by atoms with Crippen molar-refractivity contribution in [1.29, 1.82) is 0 Å². The van der Waals surface area contributed by atoms with Crippen LogP contribution in [0.2, 0.25) is 0 Å². The first-order chi connectivity index (χ1) is 5.00. The van der Waals surface area contributed by atoms with E-state index >= 15 is 0 Å². The third-order valence-corrected chi connectivity index (χ3v) is 1.75. The summed E-state index contributed by atoms with van der Waals surface area (Å²) < 4.78 is 0. The Hall–Kier alpha value is -0.850. The molecule has 1 nitrogen and oxygen atoms in total. The Morgan fingerprint density at radius 3 is 2.18 bits per heavy atom. The van der Waals surface area contributed by atoms with Crippen molar-refractivity contribution in [3.8, 4) is 0 Å². The lowest BCUT2D eigenvalue weighted by Gasteiger charge is -2.11. The molecule has 11 heavy (non-hydrogen) atoms. The van der Waals surface area contributed by atoms with Gasteiger partial charge in [-0.1, -0.05) is 20.8 Å². The Morgan fingerprint density at radius 2 is 1.82 bits per heavy atom. The van der Waals surface area contributed by atoms with Gasteiger partial charge in [-0.05, 0) is 6.07 Å². The van der Waals surface area contributed by atoms with Crippen molar-refractivity contribution in [2.24, 2.45) is 0 Å². The summed E-state index contributed by atoms with van der Waals surface area (Å²) in [4.78, 5) is 3.35. The van der Waals surface area contributed by atoms with Crippen molar-refractivity contribution in [3.63, 3.8) is 0 Å². The average molecular weight is 150 g/mol. The maximum absolute atomic E-state index is 3.35. The van der Waals surface area contributed by atoms with E-state index in [0.717, 1.165) is 0 Å². The lowest BCUT2D eigenvalue weighted by atomic mass is 9.91. The molecule has 0 aliphatic carbocycles. The van der Waals surface area contributed by atoms with Gasteiger partial charge in [0.05, 0.1) is 0 Å². The monoisotopic (exact) mass is 150 g/mol. The van der Waals surface area contributed by atoms with Crippen LogP contribution in [0.15, 0.2) is 18.2 Å². The van der Waals surface area contributed by atoms with E-state index in [4.69, 9.17) is 0 Å². The van der Waals surface area contributed by atoms with E-state index in [1.807, 2.05) is 0 Å². The second kappa shape index (κ2) is 2.65. The summed E-state index contributed by atoms with van der Waals surface area (Å²) in [6, 6.07) is 6.30. The second-order valence-corrected chi connectivity index (χ2v) is 4.00. The van der Waals surface area contributed by atoms with E-state index in [2.05, 4.69) is 50.9 Å². The van der Waals surface area contributed by atoms with E-state index < -0.39 is 0 Å². The highest BCUT2D eigenvalue weighted by Crippen LogP contribution is 2.16. The maximum Gasteiger partial charge on any atom is 0.185 e. The Bertz CT molecular complexity index is 245. The zero-order valence-electron chi connectivity index (χ0n) is 7.73. The molecule has 1 heteroatoms. The summed E-state index contributed by atoms with van der Waals surface area (Å²) in [5.41, 5.74) is 2.74. The topological polar surface area (TPSA) is 14.1 Å². The zero-order chi connectivity index (χ0) is 8.48. The quantitative estimate of drug-likeness (QED) is 0.538. The van der Waals surface area contributed by atoms with E-state index in [1.54, 1.807) is 0 Å². The van der Waals surface area contributed by atoms with Gasteiger partial charge in [-0.15, -0.1) is 0 Å². The zero-order valence-corrected chi connectivity index (χ0v) is 7.73. The molecular weight excluding hydrogens is 134 g/mol. The van der Waals surface area contributed by atoms with E-state index in [0.29, 0.717) is 0 Å². The lowest BCUT2D eigenvalue weighted by molar-refractivity contribution is -0.405. The van der Waals surface area contributed by atoms with Gasteiger partial charge in [-0.2, -0.15) is 0 Å².